The van der Waals surface area contributed by atoms with Gasteiger partial charge in [0, 0.05) is 11.3 Å². The maximum absolute atomic E-state index is 5.74. The third-order valence-corrected chi connectivity index (χ3v) is 5.70. The van der Waals surface area contributed by atoms with Gasteiger partial charge in [0.25, 0.3) is 0 Å². The molecule has 0 saturated carbocycles. The summed E-state index contributed by atoms with van der Waals surface area (Å²) in [5.74, 6) is 2.48. The molecule has 18 heavy (non-hydrogen) atoms. The molecule has 3 heterocycles. The summed E-state index contributed by atoms with van der Waals surface area (Å²) < 4.78 is 1.42. The van der Waals surface area contributed by atoms with Crippen molar-refractivity contribution in [1.82, 2.24) is 9.97 Å². The van der Waals surface area contributed by atoms with Crippen molar-refractivity contribution >= 4 is 45.1 Å². The van der Waals surface area contributed by atoms with E-state index in [1.54, 1.807) is 11.3 Å². The number of hydrogen-bond donors (Lipinski definition) is 2. The number of thioether (sulfide) groups is 1. The molecule has 0 radical (unpaired) electrons. The molecule has 6 heteroatoms. The van der Waals surface area contributed by atoms with Gasteiger partial charge < -0.3 is 11.1 Å². The largest absolute Gasteiger partial charge is 0.368 e. The first-order valence-corrected chi connectivity index (χ1v) is 7.91. The average Bonchev–Trinajstić information content (AvgIpc) is 2.95. The third kappa shape index (κ3) is 2.27. The van der Waals surface area contributed by atoms with Gasteiger partial charge in [-0.25, -0.2) is 4.98 Å². The molecule has 0 bridgehead atoms. The summed E-state index contributed by atoms with van der Waals surface area (Å²) in [6, 6.07) is 1.98. The fourth-order valence-corrected chi connectivity index (χ4v) is 4.29. The minimum absolute atomic E-state index is 0.323. The van der Waals surface area contributed by atoms with E-state index in [2.05, 4.69) is 22.2 Å². The molecule has 96 valence electrons. The quantitative estimate of drug-likeness (QED) is 0.905. The molecule has 4 nitrogen and oxygen atoms in total. The van der Waals surface area contributed by atoms with Crippen molar-refractivity contribution in [2.24, 2.45) is 0 Å². The fraction of sp³-hybridized carbons (Fsp3) is 0.500. The number of hydrogen-bond acceptors (Lipinski definition) is 6. The van der Waals surface area contributed by atoms with E-state index in [9.17, 15) is 0 Å². The van der Waals surface area contributed by atoms with E-state index in [-0.39, 0.29) is 0 Å². The summed E-state index contributed by atoms with van der Waals surface area (Å²) in [5.41, 5.74) is 6.67. The van der Waals surface area contributed by atoms with E-state index < -0.39 is 0 Å². The molecule has 0 spiro atoms. The highest BCUT2D eigenvalue weighted by atomic mass is 32.2. The van der Waals surface area contributed by atoms with Gasteiger partial charge in [-0.2, -0.15) is 16.7 Å². The van der Waals surface area contributed by atoms with Crippen molar-refractivity contribution in [3.8, 4) is 0 Å². The second kappa shape index (κ2) is 4.59. The van der Waals surface area contributed by atoms with Gasteiger partial charge in [-0.15, -0.1) is 11.3 Å². The van der Waals surface area contributed by atoms with Crippen LogP contribution in [0.15, 0.2) is 11.4 Å². The second-order valence-corrected chi connectivity index (χ2v) is 7.42. The number of nitrogens with one attached hydrogen (secondary N) is 1. The smallest absolute Gasteiger partial charge is 0.222 e. The van der Waals surface area contributed by atoms with Crippen molar-refractivity contribution in [3.63, 3.8) is 0 Å². The van der Waals surface area contributed by atoms with Gasteiger partial charge in [0.2, 0.25) is 5.95 Å². The molecule has 0 amide bonds. The zero-order valence-corrected chi connectivity index (χ0v) is 11.9. The number of nitrogens with two attached hydrogens (primary N) is 1. The number of thiophene rings is 1. The summed E-state index contributed by atoms with van der Waals surface area (Å²) in [6.07, 6.45) is 2.57. The van der Waals surface area contributed by atoms with Gasteiger partial charge in [0.1, 0.15) is 5.82 Å². The molecule has 1 aliphatic rings. The van der Waals surface area contributed by atoms with Gasteiger partial charge in [-0.05, 0) is 37.0 Å². The normalized spacial score (nSPS) is 23.6. The monoisotopic (exact) mass is 280 g/mol. The molecule has 2 aromatic heterocycles. The number of rotatable bonds is 3. The van der Waals surface area contributed by atoms with Crippen LogP contribution in [0.2, 0.25) is 0 Å². The summed E-state index contributed by atoms with van der Waals surface area (Å²) in [4.78, 5) is 8.55. The number of nitrogen functional groups attached to an aromatic ring is 1. The van der Waals surface area contributed by atoms with Gasteiger partial charge in [-0.1, -0.05) is 0 Å². The number of aromatic nitrogens is 2. The molecule has 3 rings (SSSR count). The molecule has 1 aliphatic heterocycles. The summed E-state index contributed by atoms with van der Waals surface area (Å²) >= 11 is 3.70. The van der Waals surface area contributed by atoms with Gasteiger partial charge in [0.15, 0.2) is 0 Å². The van der Waals surface area contributed by atoms with Crippen LogP contribution in [0, 0.1) is 0 Å². The predicted molar refractivity (Wildman–Crippen MR) is 80.4 cm³/mol. The average molecular weight is 280 g/mol. The van der Waals surface area contributed by atoms with E-state index in [1.807, 2.05) is 23.2 Å². The Labute approximate surface area is 114 Å². The third-order valence-electron chi connectivity index (χ3n) is 3.25. The Balaban J connectivity index is 1.83. The summed E-state index contributed by atoms with van der Waals surface area (Å²) in [5, 5.41) is 5.48. The second-order valence-electron chi connectivity index (χ2n) is 4.82. The van der Waals surface area contributed by atoms with Crippen LogP contribution in [0.4, 0.5) is 11.8 Å². The van der Waals surface area contributed by atoms with Gasteiger partial charge >= 0.3 is 0 Å². The highest BCUT2D eigenvalue weighted by Gasteiger charge is 2.29. The molecule has 1 atom stereocenters. The lowest BCUT2D eigenvalue weighted by Gasteiger charge is -2.23. The lowest BCUT2D eigenvalue weighted by atomic mass is 10.1. The van der Waals surface area contributed by atoms with E-state index in [0.29, 0.717) is 10.7 Å². The Morgan fingerprint density at radius 3 is 3.17 bits per heavy atom. The molecule has 1 saturated heterocycles. The maximum Gasteiger partial charge on any atom is 0.222 e. The van der Waals surface area contributed by atoms with Crippen molar-refractivity contribution in [2.75, 3.05) is 23.3 Å². The van der Waals surface area contributed by atoms with E-state index in [4.69, 9.17) is 5.73 Å². The first-order valence-electron chi connectivity index (χ1n) is 6.05. The zero-order valence-electron chi connectivity index (χ0n) is 10.3. The van der Waals surface area contributed by atoms with Crippen LogP contribution in [0.3, 0.4) is 0 Å². The Hall–Kier alpha value is -1.01. The molecule has 1 unspecified atom stereocenters. The van der Waals surface area contributed by atoms with Crippen molar-refractivity contribution in [2.45, 2.75) is 24.5 Å². The molecule has 2 aromatic rings. The minimum atomic E-state index is 0.323. The highest BCUT2D eigenvalue weighted by molar-refractivity contribution is 8.00. The standard InChI is InChI=1S/C12H16N4S2/c1-12(4-2-5-18-12)7-14-10-9-8(3-6-17-9)15-11(13)16-10/h3,6H,2,4-5,7H2,1H3,(H3,13,14,15,16). The van der Waals surface area contributed by atoms with Crippen molar-refractivity contribution in [3.05, 3.63) is 11.4 Å². The lowest BCUT2D eigenvalue weighted by Crippen LogP contribution is -2.27. The van der Waals surface area contributed by atoms with Gasteiger partial charge in [-0.3, -0.25) is 0 Å². The first kappa shape index (κ1) is 12.0. The van der Waals surface area contributed by atoms with Crippen LogP contribution in [0.25, 0.3) is 10.2 Å². The van der Waals surface area contributed by atoms with E-state index >= 15 is 0 Å². The molecule has 0 aromatic carbocycles. The number of anilines is 2. The van der Waals surface area contributed by atoms with Crippen LogP contribution in [0.1, 0.15) is 19.8 Å². The number of nitrogens with zero attached hydrogens (tertiary/aromatic N) is 2. The zero-order chi connectivity index (χ0) is 12.6. The van der Waals surface area contributed by atoms with Gasteiger partial charge in [0.05, 0.1) is 10.2 Å². The van der Waals surface area contributed by atoms with Crippen LogP contribution in [0.5, 0.6) is 0 Å². The van der Waals surface area contributed by atoms with Crippen molar-refractivity contribution in [1.29, 1.82) is 0 Å². The topological polar surface area (TPSA) is 63.8 Å². The van der Waals surface area contributed by atoms with Crippen LogP contribution >= 0.6 is 23.1 Å². The minimum Gasteiger partial charge on any atom is -0.368 e. The molecule has 1 fully saturated rings. The van der Waals surface area contributed by atoms with E-state index in [0.717, 1.165) is 22.6 Å². The van der Waals surface area contributed by atoms with Crippen molar-refractivity contribution < 1.29 is 0 Å². The van der Waals surface area contributed by atoms with Crippen LogP contribution in [-0.4, -0.2) is 27.0 Å². The molecule has 3 N–H and O–H groups in total. The molecule has 0 aliphatic carbocycles. The Morgan fingerprint density at radius 1 is 1.50 bits per heavy atom. The SMILES string of the molecule is CC1(CNc2nc(N)nc3ccsc23)CCCS1. The fourth-order valence-electron chi connectivity index (χ4n) is 2.25. The number of fused-ring (bicyclic) bond motifs is 1. The Kier molecular flexibility index (Phi) is 3.07. The maximum atomic E-state index is 5.74. The Bertz CT molecular complexity index is 560. The predicted octanol–water partition coefficient (Wildman–Crippen LogP) is 2.97. The van der Waals surface area contributed by atoms with Crippen LogP contribution < -0.4 is 11.1 Å². The Morgan fingerprint density at radius 2 is 2.39 bits per heavy atom. The highest BCUT2D eigenvalue weighted by Crippen LogP contribution is 2.38. The summed E-state index contributed by atoms with van der Waals surface area (Å²) in [7, 11) is 0. The molecular formula is C12H16N4S2. The van der Waals surface area contributed by atoms with E-state index in [1.165, 1.54) is 18.6 Å². The lowest BCUT2D eigenvalue weighted by molar-refractivity contribution is 0.634. The summed E-state index contributed by atoms with van der Waals surface area (Å²) in [6.45, 7) is 3.24. The molecular weight excluding hydrogens is 264 g/mol. The van der Waals surface area contributed by atoms with Crippen LogP contribution in [-0.2, 0) is 0 Å². The first-order chi connectivity index (χ1) is 8.66.